The third kappa shape index (κ3) is 2.53. The van der Waals surface area contributed by atoms with Crippen molar-refractivity contribution in [3.8, 4) is 0 Å². The molecule has 0 radical (unpaired) electrons. The van der Waals surface area contributed by atoms with Gasteiger partial charge >= 0.3 is 0 Å². The standard InChI is InChI=1S/C8H12BrN3/c1-5(10)3-8-7(9)4-11-6(2)12-8/h4-5H,3,10H2,1-2H3. The molecule has 12 heavy (non-hydrogen) atoms. The summed E-state index contributed by atoms with van der Waals surface area (Å²) in [6.45, 7) is 3.83. The quantitative estimate of drug-likeness (QED) is 0.836. The van der Waals surface area contributed by atoms with E-state index in [4.69, 9.17) is 5.73 Å². The molecule has 0 amide bonds. The van der Waals surface area contributed by atoms with Gasteiger partial charge in [0.2, 0.25) is 0 Å². The molecule has 0 spiro atoms. The fourth-order valence-electron chi connectivity index (χ4n) is 0.950. The molecule has 0 aliphatic heterocycles. The lowest BCUT2D eigenvalue weighted by molar-refractivity contribution is 0.713. The molecular formula is C8H12BrN3. The summed E-state index contributed by atoms with van der Waals surface area (Å²) in [6, 6.07) is 0.135. The maximum absolute atomic E-state index is 5.66. The van der Waals surface area contributed by atoms with Crippen molar-refractivity contribution in [1.82, 2.24) is 9.97 Å². The summed E-state index contributed by atoms with van der Waals surface area (Å²) in [7, 11) is 0. The highest BCUT2D eigenvalue weighted by molar-refractivity contribution is 9.10. The molecule has 0 bridgehead atoms. The van der Waals surface area contributed by atoms with Crippen LogP contribution in [-0.4, -0.2) is 16.0 Å². The number of nitrogens with two attached hydrogens (primary N) is 1. The molecule has 0 aromatic carbocycles. The van der Waals surface area contributed by atoms with Crippen molar-refractivity contribution in [2.75, 3.05) is 0 Å². The molecule has 1 unspecified atom stereocenters. The molecule has 1 aromatic heterocycles. The number of hydrogen-bond donors (Lipinski definition) is 1. The van der Waals surface area contributed by atoms with Crippen LogP contribution in [0, 0.1) is 6.92 Å². The second-order valence-corrected chi connectivity index (χ2v) is 3.75. The summed E-state index contributed by atoms with van der Waals surface area (Å²) in [4.78, 5) is 8.32. The molecule has 0 fully saturated rings. The Bertz CT molecular complexity index is 273. The molecule has 2 N–H and O–H groups in total. The predicted molar refractivity (Wildman–Crippen MR) is 51.8 cm³/mol. The molecule has 1 rings (SSSR count). The van der Waals surface area contributed by atoms with Gasteiger partial charge in [0.15, 0.2) is 0 Å². The Morgan fingerprint density at radius 1 is 1.67 bits per heavy atom. The first-order valence-electron chi connectivity index (χ1n) is 3.83. The molecule has 0 saturated carbocycles. The first kappa shape index (κ1) is 9.61. The number of hydrogen-bond acceptors (Lipinski definition) is 3. The third-order valence-corrected chi connectivity index (χ3v) is 2.11. The van der Waals surface area contributed by atoms with E-state index in [1.165, 1.54) is 0 Å². The van der Waals surface area contributed by atoms with Gasteiger partial charge in [0.25, 0.3) is 0 Å². The van der Waals surface area contributed by atoms with Gasteiger partial charge in [-0.25, -0.2) is 9.97 Å². The number of rotatable bonds is 2. The van der Waals surface area contributed by atoms with E-state index in [9.17, 15) is 0 Å². The molecule has 0 aliphatic rings. The van der Waals surface area contributed by atoms with Gasteiger partial charge in [-0.3, -0.25) is 0 Å². The zero-order chi connectivity index (χ0) is 9.14. The maximum atomic E-state index is 5.66. The number of halogens is 1. The summed E-state index contributed by atoms with van der Waals surface area (Å²) in [5, 5.41) is 0. The minimum Gasteiger partial charge on any atom is -0.328 e. The smallest absolute Gasteiger partial charge is 0.125 e. The van der Waals surface area contributed by atoms with Crippen LogP contribution in [-0.2, 0) is 6.42 Å². The Morgan fingerprint density at radius 3 is 2.92 bits per heavy atom. The lowest BCUT2D eigenvalue weighted by atomic mass is 10.2. The highest BCUT2D eigenvalue weighted by Gasteiger charge is 2.04. The molecule has 1 heterocycles. The summed E-state index contributed by atoms with van der Waals surface area (Å²) in [5.41, 5.74) is 6.65. The van der Waals surface area contributed by atoms with Crippen LogP contribution in [0.3, 0.4) is 0 Å². The first-order valence-corrected chi connectivity index (χ1v) is 4.62. The van der Waals surface area contributed by atoms with Crippen LogP contribution in [0.25, 0.3) is 0 Å². The van der Waals surface area contributed by atoms with E-state index in [-0.39, 0.29) is 6.04 Å². The fourth-order valence-corrected chi connectivity index (χ4v) is 1.30. The first-order chi connectivity index (χ1) is 5.59. The molecule has 1 atom stereocenters. The van der Waals surface area contributed by atoms with E-state index >= 15 is 0 Å². The van der Waals surface area contributed by atoms with Crippen molar-refractivity contribution in [3.05, 3.63) is 22.2 Å². The highest BCUT2D eigenvalue weighted by Crippen LogP contribution is 2.14. The van der Waals surface area contributed by atoms with Crippen molar-refractivity contribution >= 4 is 15.9 Å². The Morgan fingerprint density at radius 2 is 2.33 bits per heavy atom. The average Bonchev–Trinajstić information content (AvgIpc) is 1.96. The van der Waals surface area contributed by atoms with Gasteiger partial charge in [0.1, 0.15) is 5.82 Å². The van der Waals surface area contributed by atoms with Gasteiger partial charge in [0.05, 0.1) is 10.2 Å². The number of aromatic nitrogens is 2. The Labute approximate surface area is 80.5 Å². The summed E-state index contributed by atoms with van der Waals surface area (Å²) in [6.07, 6.45) is 2.55. The zero-order valence-corrected chi connectivity index (χ0v) is 8.80. The van der Waals surface area contributed by atoms with E-state index in [2.05, 4.69) is 25.9 Å². The van der Waals surface area contributed by atoms with Crippen LogP contribution in [0.1, 0.15) is 18.4 Å². The van der Waals surface area contributed by atoms with Gasteiger partial charge in [-0.15, -0.1) is 0 Å². The minimum atomic E-state index is 0.135. The van der Waals surface area contributed by atoms with E-state index in [0.29, 0.717) is 0 Å². The lowest BCUT2D eigenvalue weighted by Crippen LogP contribution is -2.19. The maximum Gasteiger partial charge on any atom is 0.125 e. The summed E-state index contributed by atoms with van der Waals surface area (Å²) in [5.74, 6) is 0.786. The van der Waals surface area contributed by atoms with E-state index in [0.717, 1.165) is 22.4 Å². The normalized spacial score (nSPS) is 13.0. The van der Waals surface area contributed by atoms with Gasteiger partial charge < -0.3 is 5.73 Å². The zero-order valence-electron chi connectivity index (χ0n) is 7.21. The molecule has 66 valence electrons. The second-order valence-electron chi connectivity index (χ2n) is 2.89. The van der Waals surface area contributed by atoms with Crippen LogP contribution < -0.4 is 5.73 Å². The monoisotopic (exact) mass is 229 g/mol. The SMILES string of the molecule is Cc1ncc(Br)c(CC(C)N)n1. The van der Waals surface area contributed by atoms with E-state index in [1.54, 1.807) is 6.20 Å². The van der Waals surface area contributed by atoms with Crippen molar-refractivity contribution in [3.63, 3.8) is 0 Å². The molecule has 0 saturated heterocycles. The molecule has 4 heteroatoms. The van der Waals surface area contributed by atoms with Crippen molar-refractivity contribution in [2.24, 2.45) is 5.73 Å². The number of nitrogens with zero attached hydrogens (tertiary/aromatic N) is 2. The predicted octanol–water partition coefficient (Wildman–Crippen LogP) is 1.44. The second kappa shape index (κ2) is 3.96. The van der Waals surface area contributed by atoms with Gasteiger partial charge in [-0.2, -0.15) is 0 Å². The highest BCUT2D eigenvalue weighted by atomic mass is 79.9. The average molecular weight is 230 g/mol. The molecule has 3 nitrogen and oxygen atoms in total. The van der Waals surface area contributed by atoms with Gasteiger partial charge in [-0.1, -0.05) is 0 Å². The molecular weight excluding hydrogens is 218 g/mol. The van der Waals surface area contributed by atoms with Gasteiger partial charge in [0, 0.05) is 18.7 Å². The number of aryl methyl sites for hydroxylation is 1. The fraction of sp³-hybridized carbons (Fsp3) is 0.500. The Balaban J connectivity index is 2.90. The molecule has 0 aliphatic carbocycles. The van der Waals surface area contributed by atoms with Crippen LogP contribution in [0.2, 0.25) is 0 Å². The van der Waals surface area contributed by atoms with Crippen LogP contribution in [0.15, 0.2) is 10.7 Å². The van der Waals surface area contributed by atoms with Crippen molar-refractivity contribution in [2.45, 2.75) is 26.3 Å². The van der Waals surface area contributed by atoms with Crippen LogP contribution >= 0.6 is 15.9 Å². The Hall–Kier alpha value is -0.480. The van der Waals surface area contributed by atoms with Crippen molar-refractivity contribution < 1.29 is 0 Å². The molecule has 1 aromatic rings. The van der Waals surface area contributed by atoms with E-state index in [1.807, 2.05) is 13.8 Å². The van der Waals surface area contributed by atoms with Gasteiger partial charge in [-0.05, 0) is 29.8 Å². The third-order valence-electron chi connectivity index (χ3n) is 1.45. The van der Waals surface area contributed by atoms with E-state index < -0.39 is 0 Å². The van der Waals surface area contributed by atoms with Crippen LogP contribution in [0.5, 0.6) is 0 Å². The topological polar surface area (TPSA) is 51.8 Å². The van der Waals surface area contributed by atoms with Crippen LogP contribution in [0.4, 0.5) is 0 Å². The summed E-state index contributed by atoms with van der Waals surface area (Å²) >= 11 is 3.38. The largest absolute Gasteiger partial charge is 0.328 e. The summed E-state index contributed by atoms with van der Waals surface area (Å²) < 4.78 is 0.936. The lowest BCUT2D eigenvalue weighted by Gasteiger charge is -2.06. The minimum absolute atomic E-state index is 0.135. The Kier molecular flexibility index (Phi) is 3.17. The van der Waals surface area contributed by atoms with Crippen molar-refractivity contribution in [1.29, 1.82) is 0 Å².